The summed E-state index contributed by atoms with van der Waals surface area (Å²) in [6, 6.07) is 6.06. The molecule has 2 nitrogen and oxygen atoms in total. The molecule has 92 valence electrons. The maximum atomic E-state index is 12.8. The van der Waals surface area contributed by atoms with Gasteiger partial charge in [-0.2, -0.15) is 0 Å². The minimum atomic E-state index is -0.304. The summed E-state index contributed by atoms with van der Waals surface area (Å²) in [5, 5.41) is 0. The van der Waals surface area contributed by atoms with Gasteiger partial charge in [0.05, 0.1) is 0 Å². The van der Waals surface area contributed by atoms with Crippen molar-refractivity contribution in [3.8, 4) is 0 Å². The molecule has 3 heteroatoms. The van der Waals surface area contributed by atoms with Crippen LogP contribution in [0.25, 0.3) is 0 Å². The predicted molar refractivity (Wildman–Crippen MR) is 65.3 cm³/mol. The lowest BCUT2D eigenvalue weighted by molar-refractivity contribution is 0.0551. The van der Waals surface area contributed by atoms with E-state index in [1.54, 1.807) is 12.1 Å². The van der Waals surface area contributed by atoms with Crippen molar-refractivity contribution in [2.75, 3.05) is 6.54 Å². The van der Waals surface area contributed by atoms with Crippen LogP contribution < -0.4 is 0 Å². The zero-order valence-electron chi connectivity index (χ0n) is 10.3. The molecule has 0 radical (unpaired) electrons. The molecule has 2 rings (SSSR count). The van der Waals surface area contributed by atoms with Crippen LogP contribution >= 0.6 is 0 Å². The van der Waals surface area contributed by atoms with Crippen LogP contribution in [-0.2, 0) is 0 Å². The van der Waals surface area contributed by atoms with E-state index >= 15 is 0 Å². The molecule has 1 saturated heterocycles. The normalized spacial score (nSPS) is 24.8. The summed E-state index contributed by atoms with van der Waals surface area (Å²) >= 11 is 0. The first kappa shape index (κ1) is 12.1. The molecule has 0 aromatic heterocycles. The van der Waals surface area contributed by atoms with Gasteiger partial charge in [0.2, 0.25) is 0 Å². The molecule has 0 aliphatic carbocycles. The minimum absolute atomic E-state index is 0.0176. The molecule has 1 aromatic carbocycles. The smallest absolute Gasteiger partial charge is 0.254 e. The van der Waals surface area contributed by atoms with Gasteiger partial charge in [-0.05, 0) is 49.9 Å². The summed E-state index contributed by atoms with van der Waals surface area (Å²) in [5.41, 5.74) is 0.576. The highest BCUT2D eigenvalue weighted by Gasteiger charge is 2.28. The number of benzene rings is 1. The van der Waals surface area contributed by atoms with Crippen molar-refractivity contribution in [3.63, 3.8) is 0 Å². The van der Waals surface area contributed by atoms with Gasteiger partial charge < -0.3 is 4.90 Å². The van der Waals surface area contributed by atoms with Crippen LogP contribution in [-0.4, -0.2) is 23.4 Å². The summed E-state index contributed by atoms with van der Waals surface area (Å²) in [6.45, 7) is 5.07. The summed E-state index contributed by atoms with van der Waals surface area (Å²) in [5.74, 6) is 0.249. The fourth-order valence-electron chi connectivity index (χ4n) is 2.38. The Bertz CT molecular complexity index is 401. The Morgan fingerprint density at radius 3 is 2.59 bits per heavy atom. The summed E-state index contributed by atoms with van der Waals surface area (Å²) in [7, 11) is 0. The number of likely N-dealkylation sites (tertiary alicyclic amines) is 1. The van der Waals surface area contributed by atoms with E-state index in [0.717, 1.165) is 13.0 Å². The van der Waals surface area contributed by atoms with Gasteiger partial charge in [-0.3, -0.25) is 4.79 Å². The van der Waals surface area contributed by atoms with Gasteiger partial charge in [-0.15, -0.1) is 0 Å². The summed E-state index contributed by atoms with van der Waals surface area (Å²) in [4.78, 5) is 14.2. The molecular formula is C14H18FNO. The number of amides is 1. The molecular weight excluding hydrogens is 217 g/mol. The maximum Gasteiger partial charge on any atom is 0.254 e. The molecule has 1 fully saturated rings. The van der Waals surface area contributed by atoms with E-state index < -0.39 is 0 Å². The molecule has 0 bridgehead atoms. The van der Waals surface area contributed by atoms with Crippen LogP contribution in [0.4, 0.5) is 4.39 Å². The van der Waals surface area contributed by atoms with Crippen LogP contribution in [0.5, 0.6) is 0 Å². The first-order valence-corrected chi connectivity index (χ1v) is 6.16. The molecule has 1 amide bonds. The van der Waals surface area contributed by atoms with Crippen molar-refractivity contribution < 1.29 is 9.18 Å². The number of carbonyl (C=O) groups is 1. The van der Waals surface area contributed by atoms with E-state index in [1.165, 1.54) is 18.6 Å². The first-order chi connectivity index (χ1) is 8.09. The number of halogens is 1. The average Bonchev–Trinajstić information content (AvgIpc) is 2.33. The topological polar surface area (TPSA) is 20.3 Å². The Hall–Kier alpha value is -1.38. The number of carbonyl (C=O) groups excluding carboxylic acids is 1. The largest absolute Gasteiger partial charge is 0.336 e. The number of rotatable bonds is 1. The lowest BCUT2D eigenvalue weighted by atomic mass is 9.91. The third-order valence-corrected chi connectivity index (χ3v) is 3.73. The molecule has 1 aliphatic rings. The molecule has 2 unspecified atom stereocenters. The maximum absolute atomic E-state index is 12.8. The van der Waals surface area contributed by atoms with Crippen molar-refractivity contribution in [3.05, 3.63) is 35.6 Å². The highest BCUT2D eigenvalue weighted by molar-refractivity contribution is 5.94. The third kappa shape index (κ3) is 2.48. The van der Waals surface area contributed by atoms with E-state index in [0.29, 0.717) is 11.5 Å². The van der Waals surface area contributed by atoms with Crippen molar-refractivity contribution in [2.24, 2.45) is 5.92 Å². The van der Waals surface area contributed by atoms with Gasteiger partial charge >= 0.3 is 0 Å². The van der Waals surface area contributed by atoms with Crippen molar-refractivity contribution >= 4 is 5.91 Å². The Morgan fingerprint density at radius 2 is 1.94 bits per heavy atom. The molecule has 1 aliphatic heterocycles. The Morgan fingerprint density at radius 1 is 1.29 bits per heavy atom. The second kappa shape index (κ2) is 4.86. The zero-order chi connectivity index (χ0) is 12.4. The van der Waals surface area contributed by atoms with E-state index in [9.17, 15) is 9.18 Å². The Kier molecular flexibility index (Phi) is 3.46. The molecule has 17 heavy (non-hydrogen) atoms. The predicted octanol–water partition coefficient (Wildman–Crippen LogP) is 3.09. The molecule has 1 heterocycles. The van der Waals surface area contributed by atoms with Gasteiger partial charge in [0.25, 0.3) is 5.91 Å². The summed E-state index contributed by atoms with van der Waals surface area (Å²) in [6.07, 6.45) is 2.23. The standard InChI is InChI=1S/C14H18FNO/c1-10-4-3-9-16(11(10)2)14(17)12-5-7-13(15)8-6-12/h5-8,10-11H,3-4,9H2,1-2H3. The van der Waals surface area contributed by atoms with Gasteiger partial charge in [0.15, 0.2) is 0 Å². The molecule has 0 spiro atoms. The molecule has 0 saturated carbocycles. The monoisotopic (exact) mass is 235 g/mol. The van der Waals surface area contributed by atoms with Gasteiger partial charge in [-0.25, -0.2) is 4.39 Å². The van der Waals surface area contributed by atoms with Gasteiger partial charge in [-0.1, -0.05) is 6.92 Å². The van der Waals surface area contributed by atoms with E-state index in [-0.39, 0.29) is 17.8 Å². The van der Waals surface area contributed by atoms with Gasteiger partial charge in [0, 0.05) is 18.2 Å². The van der Waals surface area contributed by atoms with Crippen molar-refractivity contribution in [1.82, 2.24) is 4.90 Å². The van der Waals surface area contributed by atoms with E-state index in [1.807, 2.05) is 4.90 Å². The fraction of sp³-hybridized carbons (Fsp3) is 0.500. The SMILES string of the molecule is CC1CCCN(C(=O)c2ccc(F)cc2)C1C. The second-order valence-electron chi connectivity index (χ2n) is 4.87. The Balaban J connectivity index is 2.16. The lowest BCUT2D eigenvalue weighted by Gasteiger charge is -2.38. The molecule has 0 N–H and O–H groups in total. The lowest BCUT2D eigenvalue weighted by Crippen LogP contribution is -2.46. The first-order valence-electron chi connectivity index (χ1n) is 6.16. The van der Waals surface area contributed by atoms with Crippen LogP contribution in [0.2, 0.25) is 0 Å². The number of nitrogens with zero attached hydrogens (tertiary/aromatic N) is 1. The number of piperidine rings is 1. The van der Waals surface area contributed by atoms with Crippen LogP contribution in [0, 0.1) is 11.7 Å². The third-order valence-electron chi connectivity index (χ3n) is 3.73. The zero-order valence-corrected chi connectivity index (χ0v) is 10.3. The van der Waals surface area contributed by atoms with Crippen LogP contribution in [0.15, 0.2) is 24.3 Å². The highest BCUT2D eigenvalue weighted by atomic mass is 19.1. The average molecular weight is 235 g/mol. The van der Waals surface area contributed by atoms with Crippen molar-refractivity contribution in [1.29, 1.82) is 0 Å². The molecule has 1 aromatic rings. The van der Waals surface area contributed by atoms with Crippen molar-refractivity contribution in [2.45, 2.75) is 32.7 Å². The van der Waals surface area contributed by atoms with Crippen LogP contribution in [0.3, 0.4) is 0 Å². The molecule has 2 atom stereocenters. The highest BCUT2D eigenvalue weighted by Crippen LogP contribution is 2.24. The second-order valence-corrected chi connectivity index (χ2v) is 4.87. The minimum Gasteiger partial charge on any atom is -0.336 e. The van der Waals surface area contributed by atoms with Gasteiger partial charge in [0.1, 0.15) is 5.82 Å². The number of hydrogen-bond acceptors (Lipinski definition) is 1. The fourth-order valence-corrected chi connectivity index (χ4v) is 2.38. The quantitative estimate of drug-likeness (QED) is 0.732. The summed E-state index contributed by atoms with van der Waals surface area (Å²) < 4.78 is 12.8. The van der Waals surface area contributed by atoms with E-state index in [2.05, 4.69) is 13.8 Å². The number of hydrogen-bond donors (Lipinski definition) is 0. The Labute approximate surface area is 101 Å². The van der Waals surface area contributed by atoms with E-state index in [4.69, 9.17) is 0 Å². The van der Waals surface area contributed by atoms with Crippen LogP contribution in [0.1, 0.15) is 37.0 Å².